The number of nitrogens with zero attached hydrogens (tertiary/aromatic N) is 3. The Morgan fingerprint density at radius 1 is 1.07 bits per heavy atom. The number of sulfonamides is 1. The molecular formula is C30H31ClN4O7S. The molecule has 2 heterocycles. The first-order valence-electron chi connectivity index (χ1n) is 13.4. The Morgan fingerprint density at radius 2 is 1.84 bits per heavy atom. The van der Waals surface area contributed by atoms with Gasteiger partial charge in [-0.25, -0.2) is 13.4 Å². The van der Waals surface area contributed by atoms with Crippen LogP contribution in [0.15, 0.2) is 82.4 Å². The number of hydrogen-bond acceptors (Lipinski definition) is 10. The van der Waals surface area contributed by atoms with Crippen LogP contribution >= 0.6 is 11.6 Å². The molecule has 0 fully saturated rings. The smallest absolute Gasteiger partial charge is 0.298 e. The molecule has 0 aliphatic carbocycles. The number of amides is 1. The molecular weight excluding hydrogens is 596 g/mol. The average Bonchev–Trinajstić information content (AvgIpc) is 3.63. The van der Waals surface area contributed by atoms with Crippen molar-refractivity contribution in [2.45, 2.75) is 23.9 Å². The Bertz CT molecular complexity index is 1720. The Morgan fingerprint density at radius 3 is 2.47 bits per heavy atom. The van der Waals surface area contributed by atoms with Gasteiger partial charge < -0.3 is 29.2 Å². The van der Waals surface area contributed by atoms with Crippen LogP contribution in [-0.2, 0) is 26.9 Å². The van der Waals surface area contributed by atoms with Crippen molar-refractivity contribution < 1.29 is 32.2 Å². The van der Waals surface area contributed by atoms with Crippen molar-refractivity contribution in [3.63, 3.8) is 0 Å². The molecule has 226 valence electrons. The van der Waals surface area contributed by atoms with Crippen LogP contribution in [0.5, 0.6) is 11.5 Å². The number of aliphatic hydroxyl groups excluding tert-OH is 1. The van der Waals surface area contributed by atoms with E-state index in [0.717, 1.165) is 9.87 Å². The summed E-state index contributed by atoms with van der Waals surface area (Å²) >= 11 is 6.54. The van der Waals surface area contributed by atoms with Crippen LogP contribution in [0.3, 0.4) is 0 Å². The Hall–Kier alpha value is -4.10. The molecule has 1 unspecified atom stereocenters. The van der Waals surface area contributed by atoms with Crippen molar-refractivity contribution in [1.82, 2.24) is 10.3 Å². The second-order valence-corrected chi connectivity index (χ2v) is 11.8. The fourth-order valence-electron chi connectivity index (χ4n) is 5.43. The molecule has 1 aromatic heterocycles. The summed E-state index contributed by atoms with van der Waals surface area (Å²) in [5.41, 5.74) is -0.279. The van der Waals surface area contributed by atoms with E-state index in [1.165, 1.54) is 63.1 Å². The summed E-state index contributed by atoms with van der Waals surface area (Å²) in [5, 5.41) is 12.7. The van der Waals surface area contributed by atoms with Crippen LogP contribution in [0.1, 0.15) is 23.6 Å². The number of carbonyl (C=O) groups excluding carboxylic acids is 1. The number of aromatic nitrogens is 1. The molecule has 1 atom stereocenters. The summed E-state index contributed by atoms with van der Waals surface area (Å²) in [4.78, 5) is 21.0. The highest BCUT2D eigenvalue weighted by atomic mass is 35.5. The van der Waals surface area contributed by atoms with Gasteiger partial charge in [0.05, 0.1) is 37.6 Å². The number of ether oxygens (including phenoxy) is 2. The van der Waals surface area contributed by atoms with Crippen LogP contribution in [0.4, 0.5) is 11.7 Å². The van der Waals surface area contributed by atoms with Gasteiger partial charge in [0.15, 0.2) is 5.54 Å². The molecule has 0 spiro atoms. The highest BCUT2D eigenvalue weighted by Gasteiger charge is 2.61. The topological polar surface area (TPSA) is 134 Å². The third-order valence-corrected chi connectivity index (χ3v) is 9.25. The summed E-state index contributed by atoms with van der Waals surface area (Å²) in [6.07, 6.45) is 2.82. The summed E-state index contributed by atoms with van der Waals surface area (Å²) in [7, 11) is -1.50. The van der Waals surface area contributed by atoms with Gasteiger partial charge in [0.25, 0.3) is 21.9 Å². The zero-order valence-electron chi connectivity index (χ0n) is 23.8. The molecule has 0 saturated heterocycles. The molecule has 1 amide bonds. The van der Waals surface area contributed by atoms with E-state index in [9.17, 15) is 13.5 Å². The van der Waals surface area contributed by atoms with E-state index in [2.05, 4.69) is 10.3 Å². The second kappa shape index (κ2) is 12.3. The summed E-state index contributed by atoms with van der Waals surface area (Å²) < 4.78 is 46.2. The fraction of sp³-hybridized carbons (Fsp3) is 0.267. The predicted octanol–water partition coefficient (Wildman–Crippen LogP) is 3.93. The van der Waals surface area contributed by atoms with Crippen molar-refractivity contribution >= 4 is 39.2 Å². The SMILES string of the molecule is CCN(c1ncco1)C1(c2cc(CNCCO)ccc2OC)C(=O)N(S(=O)(=O)c2ccc(OC)cc2)c2ccc(Cl)cc21. The molecule has 13 heteroatoms. The van der Waals surface area contributed by atoms with Gasteiger partial charge in [0.1, 0.15) is 17.8 Å². The zero-order chi connectivity index (χ0) is 30.8. The molecule has 3 aromatic carbocycles. The monoisotopic (exact) mass is 626 g/mol. The number of hydrogen-bond donors (Lipinski definition) is 2. The maximum absolute atomic E-state index is 15.1. The molecule has 1 aliphatic rings. The van der Waals surface area contributed by atoms with E-state index >= 15 is 4.79 Å². The lowest BCUT2D eigenvalue weighted by molar-refractivity contribution is -0.120. The van der Waals surface area contributed by atoms with Gasteiger partial charge >= 0.3 is 0 Å². The maximum atomic E-state index is 15.1. The zero-order valence-corrected chi connectivity index (χ0v) is 25.4. The average molecular weight is 627 g/mol. The van der Waals surface area contributed by atoms with Gasteiger partial charge in [0.2, 0.25) is 0 Å². The minimum absolute atomic E-state index is 0.0523. The second-order valence-electron chi connectivity index (χ2n) is 9.62. The standard InChI is InChI=1S/C30H31ClN4O7S/c1-4-34(29-33-14-16-42-29)30(25-17-20(19-32-13-15-36)5-12-27(25)41-3)24-18-21(31)6-11-26(24)35(28(30)37)43(38,39)23-9-7-22(40-2)8-10-23/h5-12,14,16-18,32,36H,4,13,15,19H2,1-3H3. The van der Waals surface area contributed by atoms with Crippen molar-refractivity contribution in [3.05, 3.63) is 94.8 Å². The molecule has 43 heavy (non-hydrogen) atoms. The largest absolute Gasteiger partial charge is 0.497 e. The third kappa shape index (κ3) is 5.10. The molecule has 5 rings (SSSR count). The van der Waals surface area contributed by atoms with Gasteiger partial charge in [-0.1, -0.05) is 17.7 Å². The van der Waals surface area contributed by atoms with Crippen molar-refractivity contribution in [3.8, 4) is 11.5 Å². The number of halogens is 1. The predicted molar refractivity (Wildman–Crippen MR) is 161 cm³/mol. The van der Waals surface area contributed by atoms with Crippen LogP contribution in [0.25, 0.3) is 0 Å². The number of oxazole rings is 1. The number of aliphatic hydroxyl groups is 1. The molecule has 11 nitrogen and oxygen atoms in total. The van der Waals surface area contributed by atoms with Gasteiger partial charge in [0, 0.05) is 35.8 Å². The lowest BCUT2D eigenvalue weighted by Crippen LogP contribution is -2.55. The van der Waals surface area contributed by atoms with E-state index < -0.39 is 21.5 Å². The molecule has 0 radical (unpaired) electrons. The van der Waals surface area contributed by atoms with Crippen LogP contribution in [0, 0.1) is 0 Å². The number of rotatable bonds is 12. The summed E-state index contributed by atoms with van der Waals surface area (Å²) in [6, 6.07) is 15.8. The number of anilines is 2. The van der Waals surface area contributed by atoms with Crippen LogP contribution in [0.2, 0.25) is 5.02 Å². The van der Waals surface area contributed by atoms with E-state index in [1.54, 1.807) is 23.1 Å². The number of fused-ring (bicyclic) bond motifs is 1. The lowest BCUT2D eigenvalue weighted by atomic mass is 9.80. The summed E-state index contributed by atoms with van der Waals surface area (Å²) in [6.45, 7) is 2.66. The molecule has 0 bridgehead atoms. The van der Waals surface area contributed by atoms with Crippen molar-refractivity contribution in [2.75, 3.05) is 43.1 Å². The Labute approximate surface area is 254 Å². The van der Waals surface area contributed by atoms with Crippen LogP contribution < -0.4 is 24.0 Å². The van der Waals surface area contributed by atoms with E-state index in [1.807, 2.05) is 13.0 Å². The first-order chi connectivity index (χ1) is 20.7. The minimum atomic E-state index is -4.45. The van der Waals surface area contributed by atoms with Crippen LogP contribution in [-0.4, -0.2) is 58.3 Å². The molecule has 4 aromatic rings. The molecule has 2 N–H and O–H groups in total. The highest BCUT2D eigenvalue weighted by molar-refractivity contribution is 7.93. The van der Waals surface area contributed by atoms with Gasteiger partial charge in [-0.3, -0.25) is 4.79 Å². The Kier molecular flexibility index (Phi) is 8.65. The van der Waals surface area contributed by atoms with E-state index in [-0.39, 0.29) is 29.7 Å². The lowest BCUT2D eigenvalue weighted by Gasteiger charge is -2.40. The van der Waals surface area contributed by atoms with Crippen molar-refractivity contribution in [1.29, 1.82) is 0 Å². The molecule has 0 saturated carbocycles. The first kappa shape index (κ1) is 30.4. The van der Waals surface area contributed by atoms with Gasteiger partial charge in [-0.15, -0.1) is 0 Å². The quantitative estimate of drug-likeness (QED) is 0.223. The van der Waals surface area contributed by atoms with Gasteiger partial charge in [-0.2, -0.15) is 4.31 Å². The minimum Gasteiger partial charge on any atom is -0.497 e. The first-order valence-corrected chi connectivity index (χ1v) is 15.3. The number of carbonyl (C=O) groups is 1. The number of methoxy groups -OCH3 is 2. The molecule has 1 aliphatic heterocycles. The number of nitrogens with one attached hydrogen (secondary N) is 1. The van der Waals surface area contributed by atoms with Crippen molar-refractivity contribution in [2.24, 2.45) is 0 Å². The summed E-state index contributed by atoms with van der Waals surface area (Å²) in [5.74, 6) is 0.00363. The Balaban J connectivity index is 1.84. The normalized spacial score (nSPS) is 16.3. The number of likely N-dealkylation sites (N-methyl/N-ethyl adjacent to an activating group) is 1. The fourth-order valence-corrected chi connectivity index (χ4v) is 7.06. The third-order valence-electron chi connectivity index (χ3n) is 7.30. The number of benzene rings is 3. The van der Waals surface area contributed by atoms with E-state index in [0.29, 0.717) is 40.7 Å². The highest BCUT2D eigenvalue weighted by Crippen LogP contribution is 2.54. The maximum Gasteiger partial charge on any atom is 0.298 e. The van der Waals surface area contributed by atoms with E-state index in [4.69, 9.17) is 25.5 Å². The van der Waals surface area contributed by atoms with Gasteiger partial charge in [-0.05, 0) is 67.1 Å².